The molecule has 1 aromatic heterocycles. The first-order chi connectivity index (χ1) is 8.31. The molecule has 1 fully saturated rings. The van der Waals surface area contributed by atoms with Gasteiger partial charge >= 0.3 is 0 Å². The van der Waals surface area contributed by atoms with Crippen LogP contribution in [-0.2, 0) is 0 Å². The van der Waals surface area contributed by atoms with Gasteiger partial charge in [-0.3, -0.25) is 0 Å². The van der Waals surface area contributed by atoms with Crippen LogP contribution >= 0.6 is 0 Å². The highest BCUT2D eigenvalue weighted by atomic mass is 16.3. The second kappa shape index (κ2) is 3.15. The average molecular weight is 229 g/mol. The van der Waals surface area contributed by atoms with E-state index in [9.17, 15) is 0 Å². The number of fused-ring (bicyclic) bond motifs is 4. The molecule has 1 N–H and O–H groups in total. The molecule has 4 nitrogen and oxygen atoms in total. The van der Waals surface area contributed by atoms with Crippen molar-refractivity contribution in [3.05, 3.63) is 18.0 Å². The number of oxazole rings is 1. The number of nitrogens with one attached hydrogen (secondary N) is 1. The number of aryl methyl sites for hydroxylation is 1. The number of hydrogen-bond acceptors (Lipinski definition) is 4. The number of anilines is 2. The first kappa shape index (κ1) is 9.33. The van der Waals surface area contributed by atoms with Crippen molar-refractivity contribution >= 4 is 22.5 Å². The minimum Gasteiger partial charge on any atom is -0.441 e. The van der Waals surface area contributed by atoms with Crippen LogP contribution in [0.4, 0.5) is 11.4 Å². The zero-order valence-electron chi connectivity index (χ0n) is 9.86. The molecular formula is C13H15N3O. The molecule has 2 aliphatic rings. The Morgan fingerprint density at radius 3 is 3.35 bits per heavy atom. The predicted octanol–water partition coefficient (Wildman–Crippen LogP) is 2.53. The Bertz CT molecular complexity index is 590. The average Bonchev–Trinajstić information content (AvgIpc) is 2.89. The van der Waals surface area contributed by atoms with Crippen LogP contribution in [0.15, 0.2) is 16.5 Å². The van der Waals surface area contributed by atoms with Crippen LogP contribution in [0.3, 0.4) is 0 Å². The molecule has 3 heterocycles. The second-order valence-electron chi connectivity index (χ2n) is 4.94. The summed E-state index contributed by atoms with van der Waals surface area (Å²) in [6.07, 6.45) is 2.59. The molecule has 4 rings (SSSR count). The van der Waals surface area contributed by atoms with Crippen LogP contribution in [0.25, 0.3) is 11.1 Å². The fourth-order valence-corrected chi connectivity index (χ4v) is 3.05. The Morgan fingerprint density at radius 1 is 1.47 bits per heavy atom. The molecule has 0 radical (unpaired) electrons. The zero-order chi connectivity index (χ0) is 11.4. The Hall–Kier alpha value is -1.71. The van der Waals surface area contributed by atoms with Gasteiger partial charge in [0.25, 0.3) is 0 Å². The Morgan fingerprint density at radius 2 is 2.41 bits per heavy atom. The van der Waals surface area contributed by atoms with Crippen LogP contribution in [0.5, 0.6) is 0 Å². The fourth-order valence-electron chi connectivity index (χ4n) is 3.05. The summed E-state index contributed by atoms with van der Waals surface area (Å²) in [4.78, 5) is 6.92. The van der Waals surface area contributed by atoms with Gasteiger partial charge in [-0.2, -0.15) is 0 Å². The second-order valence-corrected chi connectivity index (χ2v) is 4.94. The molecule has 0 spiro atoms. The number of hydrogen-bond donors (Lipinski definition) is 1. The Labute approximate surface area is 99.6 Å². The lowest BCUT2D eigenvalue weighted by atomic mass is 10.1. The smallest absolute Gasteiger partial charge is 0.192 e. The van der Waals surface area contributed by atoms with Crippen molar-refractivity contribution in [2.45, 2.75) is 25.8 Å². The standard InChI is InChI=1S/C13H15N3O/c1-8-15-11-5-12-10(6-13(11)17-8)14-7-9-3-2-4-16(9)12/h5-6,9,14H,2-4,7H2,1H3. The van der Waals surface area contributed by atoms with Gasteiger partial charge in [-0.15, -0.1) is 0 Å². The van der Waals surface area contributed by atoms with Crippen LogP contribution < -0.4 is 10.2 Å². The molecule has 2 aromatic rings. The Balaban J connectivity index is 1.93. The number of aromatic nitrogens is 1. The first-order valence-corrected chi connectivity index (χ1v) is 6.23. The highest BCUT2D eigenvalue weighted by Gasteiger charge is 2.30. The minimum absolute atomic E-state index is 0.660. The summed E-state index contributed by atoms with van der Waals surface area (Å²) in [5, 5.41) is 3.51. The van der Waals surface area contributed by atoms with Gasteiger partial charge in [0, 0.05) is 32.1 Å². The number of rotatable bonds is 0. The molecule has 0 aliphatic carbocycles. The molecule has 0 saturated carbocycles. The summed E-state index contributed by atoms with van der Waals surface area (Å²) in [6.45, 7) is 4.11. The van der Waals surface area contributed by atoms with E-state index in [0.717, 1.165) is 23.5 Å². The molecule has 2 aliphatic heterocycles. The highest BCUT2D eigenvalue weighted by molar-refractivity contribution is 5.88. The molecule has 0 amide bonds. The molecule has 1 aromatic carbocycles. The summed E-state index contributed by atoms with van der Waals surface area (Å²) >= 11 is 0. The van der Waals surface area contributed by atoms with Gasteiger partial charge < -0.3 is 14.6 Å². The fraction of sp³-hybridized carbons (Fsp3) is 0.462. The molecule has 4 heteroatoms. The molecule has 0 bridgehead atoms. The first-order valence-electron chi connectivity index (χ1n) is 6.23. The largest absolute Gasteiger partial charge is 0.441 e. The van der Waals surface area contributed by atoms with Crippen molar-refractivity contribution in [1.82, 2.24) is 4.98 Å². The zero-order valence-corrected chi connectivity index (χ0v) is 9.86. The molecule has 17 heavy (non-hydrogen) atoms. The van der Waals surface area contributed by atoms with Crippen molar-refractivity contribution in [2.75, 3.05) is 23.3 Å². The maximum absolute atomic E-state index is 5.58. The van der Waals surface area contributed by atoms with E-state index in [4.69, 9.17) is 4.42 Å². The number of nitrogens with zero attached hydrogens (tertiary/aromatic N) is 2. The number of benzene rings is 1. The van der Waals surface area contributed by atoms with Crippen molar-refractivity contribution in [2.24, 2.45) is 0 Å². The normalized spacial score (nSPS) is 22.4. The van der Waals surface area contributed by atoms with E-state index in [1.54, 1.807) is 0 Å². The Kier molecular flexibility index (Phi) is 1.73. The SMILES string of the molecule is Cc1nc2cc3c(cc2o1)NCC1CCCN31. The van der Waals surface area contributed by atoms with Gasteiger partial charge in [-0.25, -0.2) is 4.98 Å². The van der Waals surface area contributed by atoms with Gasteiger partial charge in [0.15, 0.2) is 11.5 Å². The summed E-state index contributed by atoms with van der Waals surface area (Å²) in [7, 11) is 0. The lowest BCUT2D eigenvalue weighted by molar-refractivity contribution is 0.561. The summed E-state index contributed by atoms with van der Waals surface area (Å²) < 4.78 is 5.58. The molecule has 1 saturated heterocycles. The van der Waals surface area contributed by atoms with Gasteiger partial charge in [-0.1, -0.05) is 0 Å². The van der Waals surface area contributed by atoms with Gasteiger partial charge in [0.1, 0.15) is 5.52 Å². The predicted molar refractivity (Wildman–Crippen MR) is 67.6 cm³/mol. The van der Waals surface area contributed by atoms with Crippen LogP contribution in [0.1, 0.15) is 18.7 Å². The van der Waals surface area contributed by atoms with Crippen LogP contribution in [0.2, 0.25) is 0 Å². The third kappa shape index (κ3) is 1.27. The van der Waals surface area contributed by atoms with Gasteiger partial charge in [-0.05, 0) is 18.9 Å². The quantitative estimate of drug-likeness (QED) is 0.753. The van der Waals surface area contributed by atoms with E-state index in [2.05, 4.69) is 27.3 Å². The van der Waals surface area contributed by atoms with Crippen LogP contribution in [0, 0.1) is 6.92 Å². The topological polar surface area (TPSA) is 41.3 Å². The third-order valence-electron chi connectivity index (χ3n) is 3.83. The third-order valence-corrected chi connectivity index (χ3v) is 3.83. The van der Waals surface area contributed by atoms with Gasteiger partial charge in [0.2, 0.25) is 0 Å². The van der Waals surface area contributed by atoms with Crippen molar-refractivity contribution in [3.63, 3.8) is 0 Å². The van der Waals surface area contributed by atoms with Gasteiger partial charge in [0.05, 0.1) is 11.4 Å². The maximum atomic E-state index is 5.58. The van der Waals surface area contributed by atoms with E-state index in [1.807, 2.05) is 6.92 Å². The van der Waals surface area contributed by atoms with E-state index in [0.29, 0.717) is 6.04 Å². The van der Waals surface area contributed by atoms with E-state index >= 15 is 0 Å². The lowest BCUT2D eigenvalue weighted by Crippen LogP contribution is -2.39. The lowest BCUT2D eigenvalue weighted by Gasteiger charge is -2.34. The molecule has 1 atom stereocenters. The summed E-state index contributed by atoms with van der Waals surface area (Å²) in [6, 6.07) is 4.90. The highest BCUT2D eigenvalue weighted by Crippen LogP contribution is 2.38. The molecule has 1 unspecified atom stereocenters. The van der Waals surface area contributed by atoms with E-state index in [-0.39, 0.29) is 0 Å². The minimum atomic E-state index is 0.660. The summed E-state index contributed by atoms with van der Waals surface area (Å²) in [5.74, 6) is 0.736. The molecular weight excluding hydrogens is 214 g/mol. The van der Waals surface area contributed by atoms with Crippen molar-refractivity contribution in [1.29, 1.82) is 0 Å². The maximum Gasteiger partial charge on any atom is 0.192 e. The molecule has 88 valence electrons. The van der Waals surface area contributed by atoms with E-state index < -0.39 is 0 Å². The summed E-state index contributed by atoms with van der Waals surface area (Å²) in [5.41, 5.74) is 4.33. The van der Waals surface area contributed by atoms with Crippen molar-refractivity contribution in [3.8, 4) is 0 Å². The monoisotopic (exact) mass is 229 g/mol. The van der Waals surface area contributed by atoms with E-state index in [1.165, 1.54) is 30.8 Å². The van der Waals surface area contributed by atoms with Crippen LogP contribution in [-0.4, -0.2) is 24.1 Å². The van der Waals surface area contributed by atoms with Crippen molar-refractivity contribution < 1.29 is 4.42 Å².